The molecule has 1 heterocycles. The number of hydrogen-bond donors (Lipinski definition) is 7. The van der Waals surface area contributed by atoms with E-state index in [1.54, 1.807) is 11.9 Å². The van der Waals surface area contributed by atoms with Crippen LogP contribution < -0.4 is 21.7 Å². The van der Waals surface area contributed by atoms with Crippen molar-refractivity contribution in [3.63, 3.8) is 0 Å². The van der Waals surface area contributed by atoms with Crippen LogP contribution in [0.2, 0.25) is 0 Å². The fraction of sp³-hybridized carbons (Fsp3) is 0.524. The predicted molar refractivity (Wildman–Crippen MR) is 133 cm³/mol. The summed E-state index contributed by atoms with van der Waals surface area (Å²) in [5.74, 6) is -0.532. The van der Waals surface area contributed by atoms with Gasteiger partial charge in [-0.3, -0.25) is 24.1 Å². The molecule has 0 saturated carbocycles. The van der Waals surface area contributed by atoms with Crippen LogP contribution in [0.25, 0.3) is 0 Å². The van der Waals surface area contributed by atoms with Gasteiger partial charge in [0.2, 0.25) is 11.8 Å². The van der Waals surface area contributed by atoms with E-state index in [0.29, 0.717) is 45.1 Å². The summed E-state index contributed by atoms with van der Waals surface area (Å²) < 4.78 is 31.6. The molecule has 1 aliphatic heterocycles. The molecule has 1 aromatic carbocycles. The normalized spacial score (nSPS) is 16.4. The van der Waals surface area contributed by atoms with Gasteiger partial charge in [0.25, 0.3) is 0 Å². The molecule has 0 radical (unpaired) electrons. The zero-order valence-electron chi connectivity index (χ0n) is 20.0. The second-order valence-electron chi connectivity index (χ2n) is 7.90. The second-order valence-corrected chi connectivity index (χ2v) is 8.80. The van der Waals surface area contributed by atoms with Gasteiger partial charge in [-0.15, -0.1) is 0 Å². The largest absolute Gasteiger partial charge is 0.412 e. The minimum atomic E-state index is -4.67. The monoisotopic (exact) mass is 532 g/mol. The summed E-state index contributed by atoms with van der Waals surface area (Å²) in [6.07, 6.45) is 3.59. The van der Waals surface area contributed by atoms with E-state index in [-0.39, 0.29) is 23.3 Å². The Morgan fingerprint density at radius 2 is 1.89 bits per heavy atom. The van der Waals surface area contributed by atoms with Crippen molar-refractivity contribution in [1.29, 1.82) is 5.41 Å². The molecule has 1 fully saturated rings. The zero-order valence-corrected chi connectivity index (χ0v) is 20.8. The molecule has 1 aromatic rings. The molecule has 0 unspecified atom stereocenters. The molecule has 0 bridgehead atoms. The third-order valence-electron chi connectivity index (χ3n) is 5.27. The lowest BCUT2D eigenvalue weighted by Gasteiger charge is -2.29. The highest BCUT2D eigenvalue weighted by Gasteiger charge is 2.37. The highest BCUT2D eigenvalue weighted by atomic mass is 32.3. The van der Waals surface area contributed by atoms with Crippen molar-refractivity contribution in [3.8, 4) is 0 Å². The lowest BCUT2D eigenvalue weighted by atomic mass is 10.0. The molecule has 2 amide bonds. The molecule has 36 heavy (non-hydrogen) atoms. The van der Waals surface area contributed by atoms with Crippen LogP contribution in [0.3, 0.4) is 0 Å². The van der Waals surface area contributed by atoms with E-state index in [0.717, 1.165) is 12.0 Å². The summed E-state index contributed by atoms with van der Waals surface area (Å²) in [5, 5.41) is 15.6. The van der Waals surface area contributed by atoms with Crippen LogP contribution in [0.4, 0.5) is 0 Å². The van der Waals surface area contributed by atoms with Gasteiger partial charge in [0.1, 0.15) is 12.3 Å². The summed E-state index contributed by atoms with van der Waals surface area (Å²) in [6.45, 7) is 0.977. The molecule has 0 aromatic heterocycles. The minimum absolute atomic E-state index is 0. The molecule has 2 rings (SSSR count). The van der Waals surface area contributed by atoms with E-state index in [9.17, 15) is 14.4 Å². The van der Waals surface area contributed by atoms with E-state index < -0.39 is 28.5 Å². The standard InChI is InChI=1S/C21H32N6O3.H2O4S.H2O/c1-24-17(13-15-7-3-2-4-8-15)20(30)27-12-6-10-18(27)19(29)26-16(14-28)9-5-11-25-21(22)23;1-5(2,3)4;/h2-4,7-8,14,16-18,24H,5-6,9-13H2,1H3,(H,26,29)(H4,22,23,25);(H2,1,2,3,4);1H2/t16-,17+,18-;;/m0../s1. The van der Waals surface area contributed by atoms with Gasteiger partial charge in [-0.1, -0.05) is 30.3 Å². The number of hydrogen-bond acceptors (Lipinski definition) is 7. The number of likely N-dealkylation sites (tertiary alicyclic amines) is 1. The van der Waals surface area contributed by atoms with Gasteiger partial charge in [0.15, 0.2) is 5.96 Å². The van der Waals surface area contributed by atoms with Gasteiger partial charge in [-0.2, -0.15) is 8.42 Å². The van der Waals surface area contributed by atoms with Gasteiger partial charge in [0, 0.05) is 13.1 Å². The Morgan fingerprint density at radius 1 is 1.28 bits per heavy atom. The van der Waals surface area contributed by atoms with Crippen molar-refractivity contribution < 1.29 is 37.4 Å². The van der Waals surface area contributed by atoms with Gasteiger partial charge >= 0.3 is 10.4 Å². The number of rotatable bonds is 11. The van der Waals surface area contributed by atoms with E-state index >= 15 is 0 Å². The number of carbonyl (C=O) groups excluding carboxylic acids is 3. The minimum Gasteiger partial charge on any atom is -0.412 e. The second kappa shape index (κ2) is 16.5. The molecule has 14 nitrogen and oxygen atoms in total. The van der Waals surface area contributed by atoms with Gasteiger partial charge in [-0.05, 0) is 44.7 Å². The Balaban J connectivity index is 0.00000185. The molecule has 1 aliphatic rings. The molecule has 1 saturated heterocycles. The van der Waals surface area contributed by atoms with E-state index in [1.165, 1.54) is 0 Å². The zero-order chi connectivity index (χ0) is 26.4. The number of carbonyl (C=O) groups is 3. The summed E-state index contributed by atoms with van der Waals surface area (Å²) in [7, 11) is -2.92. The maximum Gasteiger partial charge on any atom is 0.394 e. The lowest BCUT2D eigenvalue weighted by molar-refractivity contribution is -0.140. The van der Waals surface area contributed by atoms with Gasteiger partial charge < -0.3 is 36.9 Å². The molecule has 0 aliphatic carbocycles. The number of nitrogens with one attached hydrogen (secondary N) is 4. The van der Waals surface area contributed by atoms with Crippen LogP contribution in [0.1, 0.15) is 31.2 Å². The Kier molecular flexibility index (Phi) is 15.1. The summed E-state index contributed by atoms with van der Waals surface area (Å²) >= 11 is 0. The Hall–Kier alpha value is -3.11. The first-order chi connectivity index (χ1) is 16.5. The third kappa shape index (κ3) is 13.1. The van der Waals surface area contributed by atoms with Crippen molar-refractivity contribution in [2.24, 2.45) is 5.73 Å². The molecule has 204 valence electrons. The van der Waals surface area contributed by atoms with Crippen LogP contribution in [-0.2, 0) is 31.2 Å². The Morgan fingerprint density at radius 3 is 2.42 bits per heavy atom. The fourth-order valence-electron chi connectivity index (χ4n) is 3.66. The first-order valence-corrected chi connectivity index (χ1v) is 12.4. The predicted octanol–water partition coefficient (Wildman–Crippen LogP) is -1.72. The Bertz CT molecular complexity index is 939. The summed E-state index contributed by atoms with van der Waals surface area (Å²) in [5.41, 5.74) is 6.27. The average molecular weight is 533 g/mol. The molecule has 10 N–H and O–H groups in total. The number of amides is 2. The van der Waals surface area contributed by atoms with Gasteiger partial charge in [-0.25, -0.2) is 0 Å². The molecule has 3 atom stereocenters. The van der Waals surface area contributed by atoms with Crippen LogP contribution in [0.15, 0.2) is 30.3 Å². The molecular weight excluding hydrogens is 496 g/mol. The molecular formula is C21H36N6O8S. The van der Waals surface area contributed by atoms with E-state index in [2.05, 4.69) is 16.0 Å². The number of nitrogens with zero attached hydrogens (tertiary/aromatic N) is 1. The fourth-order valence-corrected chi connectivity index (χ4v) is 3.66. The molecule has 0 spiro atoms. The smallest absolute Gasteiger partial charge is 0.394 e. The number of likely N-dealkylation sites (N-methyl/N-ethyl adjacent to an activating group) is 1. The summed E-state index contributed by atoms with van der Waals surface area (Å²) in [4.78, 5) is 38.9. The first-order valence-electron chi connectivity index (χ1n) is 11.0. The maximum atomic E-state index is 13.1. The van der Waals surface area contributed by atoms with Gasteiger partial charge in [0.05, 0.1) is 12.1 Å². The number of aldehydes is 1. The average Bonchev–Trinajstić information content (AvgIpc) is 3.28. The van der Waals surface area contributed by atoms with E-state index in [1.807, 2.05) is 30.3 Å². The first kappa shape index (κ1) is 32.9. The SMILES string of the molecule is CN[C@H](Cc1ccccc1)C(=O)N1CCC[C@H]1C(=O)N[C@H](C=O)CCCNC(=N)N.O.O=S(=O)(O)O. The lowest BCUT2D eigenvalue weighted by Crippen LogP contribution is -2.54. The van der Waals surface area contributed by atoms with Crippen LogP contribution in [0, 0.1) is 5.41 Å². The van der Waals surface area contributed by atoms with Crippen LogP contribution >= 0.6 is 0 Å². The van der Waals surface area contributed by atoms with Crippen LogP contribution in [0.5, 0.6) is 0 Å². The molecule has 15 heteroatoms. The van der Waals surface area contributed by atoms with Crippen molar-refractivity contribution >= 4 is 34.5 Å². The number of guanidine groups is 1. The van der Waals surface area contributed by atoms with E-state index in [4.69, 9.17) is 28.7 Å². The van der Waals surface area contributed by atoms with Crippen molar-refractivity contribution in [3.05, 3.63) is 35.9 Å². The van der Waals surface area contributed by atoms with Crippen molar-refractivity contribution in [2.75, 3.05) is 20.1 Å². The van der Waals surface area contributed by atoms with Crippen LogP contribution in [-0.4, -0.2) is 90.2 Å². The number of benzene rings is 1. The third-order valence-corrected chi connectivity index (χ3v) is 5.27. The van der Waals surface area contributed by atoms with Crippen molar-refractivity contribution in [1.82, 2.24) is 20.9 Å². The maximum absolute atomic E-state index is 13.1. The Labute approximate surface area is 210 Å². The quantitative estimate of drug-likeness (QED) is 0.0558. The highest BCUT2D eigenvalue weighted by Crippen LogP contribution is 2.20. The highest BCUT2D eigenvalue weighted by molar-refractivity contribution is 7.79. The number of nitrogens with two attached hydrogens (primary N) is 1. The topological polar surface area (TPSA) is 247 Å². The summed E-state index contributed by atoms with van der Waals surface area (Å²) in [6, 6.07) is 8.13. The van der Waals surface area contributed by atoms with Crippen molar-refractivity contribution in [2.45, 2.75) is 50.2 Å².